The van der Waals surface area contributed by atoms with E-state index in [4.69, 9.17) is 4.74 Å². The maximum Gasteiger partial charge on any atom is 0.312 e. The van der Waals surface area contributed by atoms with Crippen LogP contribution < -0.4 is 4.74 Å². The van der Waals surface area contributed by atoms with Gasteiger partial charge in [-0.1, -0.05) is 13.0 Å². The van der Waals surface area contributed by atoms with E-state index in [1.54, 1.807) is 25.1 Å². The summed E-state index contributed by atoms with van der Waals surface area (Å²) < 4.78 is 5.52. The molecular weight excluding hydrogens is 222 g/mol. The van der Waals surface area contributed by atoms with Crippen molar-refractivity contribution < 1.29 is 9.53 Å². The lowest BCUT2D eigenvalue weighted by molar-refractivity contribution is -0.134. The minimum Gasteiger partial charge on any atom is -0.407 e. The summed E-state index contributed by atoms with van der Waals surface area (Å²) in [7, 11) is 0. The Morgan fingerprint density at radius 1 is 1.67 bits per heavy atom. The van der Waals surface area contributed by atoms with Gasteiger partial charge in [-0.2, -0.15) is 0 Å². The minimum atomic E-state index is -0.277. The Morgan fingerprint density at radius 3 is 3.00 bits per heavy atom. The molecule has 0 aliphatic rings. The van der Waals surface area contributed by atoms with Gasteiger partial charge in [0.1, 0.15) is 4.60 Å². The lowest BCUT2D eigenvalue weighted by Crippen LogP contribution is -2.06. The van der Waals surface area contributed by atoms with Crippen LogP contribution in [0.4, 0.5) is 0 Å². The highest BCUT2D eigenvalue weighted by Crippen LogP contribution is 2.12. The number of hydrogen-bond donors (Lipinski definition) is 0. The van der Waals surface area contributed by atoms with E-state index in [-0.39, 0.29) is 5.97 Å². The first-order valence-corrected chi connectivity index (χ1v) is 4.35. The van der Waals surface area contributed by atoms with Gasteiger partial charge in [-0.3, -0.25) is 4.79 Å². The Bertz CT molecular complexity index is 288. The fourth-order valence-corrected chi connectivity index (χ4v) is 0.963. The molecule has 0 spiro atoms. The van der Waals surface area contributed by atoms with Crippen LogP contribution in [0.1, 0.15) is 13.3 Å². The number of rotatable bonds is 2. The molecule has 0 saturated carbocycles. The highest BCUT2D eigenvalue weighted by molar-refractivity contribution is 9.10. The van der Waals surface area contributed by atoms with Crippen LogP contribution in [-0.4, -0.2) is 11.0 Å². The summed E-state index contributed by atoms with van der Waals surface area (Å²) in [4.78, 5) is 14.7. The van der Waals surface area contributed by atoms with Crippen molar-refractivity contribution in [3.63, 3.8) is 0 Å². The van der Waals surface area contributed by atoms with E-state index in [0.29, 0.717) is 16.9 Å². The molecule has 4 heteroatoms. The summed E-state index contributed by atoms with van der Waals surface area (Å²) in [6.45, 7) is 1.74. The number of carbonyl (C=O) groups is 1. The second-order valence-electron chi connectivity index (χ2n) is 2.13. The van der Waals surface area contributed by atoms with Gasteiger partial charge < -0.3 is 4.74 Å². The van der Waals surface area contributed by atoms with E-state index < -0.39 is 0 Å². The molecule has 3 nitrogen and oxygen atoms in total. The third-order valence-corrected chi connectivity index (χ3v) is 1.64. The van der Waals surface area contributed by atoms with Crippen molar-refractivity contribution in [2.45, 2.75) is 13.3 Å². The first-order valence-electron chi connectivity index (χ1n) is 3.55. The zero-order valence-electron chi connectivity index (χ0n) is 6.58. The number of hydrogen-bond acceptors (Lipinski definition) is 3. The Labute approximate surface area is 78.9 Å². The van der Waals surface area contributed by atoms with E-state index in [1.807, 2.05) is 0 Å². The molecule has 0 fully saturated rings. The topological polar surface area (TPSA) is 39.2 Å². The number of esters is 1. The minimum absolute atomic E-state index is 0.277. The zero-order chi connectivity index (χ0) is 8.97. The van der Waals surface area contributed by atoms with Crippen LogP contribution in [0, 0.1) is 0 Å². The van der Waals surface area contributed by atoms with Crippen LogP contribution in [0.3, 0.4) is 0 Å². The Kier molecular flexibility index (Phi) is 3.22. The van der Waals surface area contributed by atoms with Gasteiger partial charge in [0.05, 0.1) is 0 Å². The van der Waals surface area contributed by atoms with Crippen LogP contribution in [0.15, 0.2) is 22.8 Å². The van der Waals surface area contributed by atoms with Crippen molar-refractivity contribution in [2.24, 2.45) is 0 Å². The normalized spacial score (nSPS) is 9.50. The van der Waals surface area contributed by atoms with Crippen LogP contribution in [0.2, 0.25) is 0 Å². The average Bonchev–Trinajstić information content (AvgIpc) is 2.04. The van der Waals surface area contributed by atoms with Crippen LogP contribution >= 0.6 is 15.9 Å². The molecule has 0 saturated heterocycles. The summed E-state index contributed by atoms with van der Waals surface area (Å²) in [5.74, 6) is 0.0526. The maximum absolute atomic E-state index is 10.8. The van der Waals surface area contributed by atoms with Crippen molar-refractivity contribution in [3.8, 4) is 5.88 Å². The second-order valence-corrected chi connectivity index (χ2v) is 2.94. The smallest absolute Gasteiger partial charge is 0.312 e. The fraction of sp³-hybridized carbons (Fsp3) is 0.250. The van der Waals surface area contributed by atoms with Crippen molar-refractivity contribution in [3.05, 3.63) is 22.8 Å². The monoisotopic (exact) mass is 229 g/mol. The van der Waals surface area contributed by atoms with Gasteiger partial charge in [0, 0.05) is 12.5 Å². The average molecular weight is 230 g/mol. The third-order valence-electron chi connectivity index (χ3n) is 1.20. The molecule has 64 valence electrons. The van der Waals surface area contributed by atoms with Gasteiger partial charge in [-0.25, -0.2) is 4.98 Å². The summed E-state index contributed by atoms with van der Waals surface area (Å²) in [5.41, 5.74) is 0. The number of nitrogens with zero attached hydrogens (tertiary/aromatic N) is 1. The van der Waals surface area contributed by atoms with Gasteiger partial charge >= 0.3 is 5.97 Å². The maximum atomic E-state index is 10.8. The third kappa shape index (κ3) is 2.62. The van der Waals surface area contributed by atoms with Crippen LogP contribution in [0.25, 0.3) is 0 Å². The number of carbonyl (C=O) groups excluding carboxylic acids is 1. The Morgan fingerprint density at radius 2 is 2.42 bits per heavy atom. The number of ether oxygens (including phenoxy) is 1. The first-order chi connectivity index (χ1) is 5.72. The molecule has 0 aliphatic carbocycles. The quantitative estimate of drug-likeness (QED) is 0.577. The van der Waals surface area contributed by atoms with Crippen molar-refractivity contribution >= 4 is 21.9 Å². The summed E-state index contributed by atoms with van der Waals surface area (Å²) >= 11 is 3.17. The van der Waals surface area contributed by atoms with Gasteiger partial charge in [0.2, 0.25) is 5.88 Å². The molecule has 0 N–H and O–H groups in total. The SMILES string of the molecule is CCC(=O)Oc1cccc(Br)n1. The molecular formula is C8H8BrNO2. The van der Waals surface area contributed by atoms with Crippen molar-refractivity contribution in [1.82, 2.24) is 4.98 Å². The lowest BCUT2D eigenvalue weighted by Gasteiger charge is -2.00. The molecule has 0 atom stereocenters. The van der Waals surface area contributed by atoms with Gasteiger partial charge in [0.15, 0.2) is 0 Å². The molecule has 1 rings (SSSR count). The molecule has 1 aromatic heterocycles. The standard InChI is InChI=1S/C8H8BrNO2/c1-2-8(11)12-7-5-3-4-6(9)10-7/h3-5H,2H2,1H3. The largest absolute Gasteiger partial charge is 0.407 e. The number of pyridine rings is 1. The molecule has 1 heterocycles. The molecule has 12 heavy (non-hydrogen) atoms. The predicted octanol–water partition coefficient (Wildman–Crippen LogP) is 2.16. The fourth-order valence-electron chi connectivity index (χ4n) is 0.635. The van der Waals surface area contributed by atoms with Gasteiger partial charge in [0.25, 0.3) is 0 Å². The summed E-state index contributed by atoms with van der Waals surface area (Å²) in [6, 6.07) is 5.16. The van der Waals surface area contributed by atoms with Gasteiger partial charge in [-0.15, -0.1) is 0 Å². The molecule has 0 unspecified atom stereocenters. The van der Waals surface area contributed by atoms with Crippen molar-refractivity contribution in [2.75, 3.05) is 0 Å². The Hall–Kier alpha value is -0.900. The van der Waals surface area contributed by atoms with E-state index >= 15 is 0 Å². The van der Waals surface area contributed by atoms with Crippen molar-refractivity contribution in [1.29, 1.82) is 0 Å². The van der Waals surface area contributed by atoms with Gasteiger partial charge in [-0.05, 0) is 22.0 Å². The molecule has 1 aromatic rings. The summed E-state index contributed by atoms with van der Waals surface area (Å²) in [5, 5.41) is 0. The van der Waals surface area contributed by atoms with Crippen LogP contribution in [0.5, 0.6) is 5.88 Å². The highest BCUT2D eigenvalue weighted by Gasteiger charge is 2.01. The van der Waals surface area contributed by atoms with E-state index in [2.05, 4.69) is 20.9 Å². The summed E-state index contributed by atoms with van der Waals surface area (Å²) in [6.07, 6.45) is 0.355. The predicted molar refractivity (Wildman–Crippen MR) is 47.9 cm³/mol. The molecule has 0 aromatic carbocycles. The Balaban J connectivity index is 2.69. The van der Waals surface area contributed by atoms with E-state index in [9.17, 15) is 4.79 Å². The lowest BCUT2D eigenvalue weighted by atomic mass is 10.5. The second kappa shape index (κ2) is 4.21. The highest BCUT2D eigenvalue weighted by atomic mass is 79.9. The molecule has 0 bridgehead atoms. The molecule has 0 aliphatic heterocycles. The van der Waals surface area contributed by atoms with E-state index in [1.165, 1.54) is 0 Å². The number of aromatic nitrogens is 1. The number of halogens is 1. The van der Waals surface area contributed by atoms with E-state index in [0.717, 1.165) is 0 Å². The first kappa shape index (κ1) is 9.19. The molecule has 0 amide bonds. The zero-order valence-corrected chi connectivity index (χ0v) is 8.17. The molecule has 0 radical (unpaired) electrons. The van der Waals surface area contributed by atoms with Crippen LogP contribution in [-0.2, 0) is 4.79 Å².